The van der Waals surface area contributed by atoms with Crippen LogP contribution in [0.3, 0.4) is 0 Å². The quantitative estimate of drug-likeness (QED) is 0.761. The number of rotatable bonds is 6. The zero-order chi connectivity index (χ0) is 19.4. The first-order chi connectivity index (χ1) is 13.1. The van der Waals surface area contributed by atoms with E-state index in [1.165, 1.54) is 0 Å². The second kappa shape index (κ2) is 8.36. The van der Waals surface area contributed by atoms with Crippen molar-refractivity contribution in [3.8, 4) is 17.6 Å². The van der Waals surface area contributed by atoms with Crippen LogP contribution in [0.15, 0.2) is 42.5 Å². The predicted molar refractivity (Wildman–Crippen MR) is 106 cm³/mol. The Bertz CT molecular complexity index is 861. The van der Waals surface area contributed by atoms with Gasteiger partial charge in [0.15, 0.2) is 11.5 Å². The van der Waals surface area contributed by atoms with E-state index in [4.69, 9.17) is 14.7 Å². The summed E-state index contributed by atoms with van der Waals surface area (Å²) in [6.07, 6.45) is 0.728. The Labute approximate surface area is 163 Å². The molecule has 0 saturated carbocycles. The van der Waals surface area contributed by atoms with E-state index in [0.29, 0.717) is 23.6 Å². The van der Waals surface area contributed by atoms with E-state index < -0.39 is 0 Å². The molecule has 1 aliphatic rings. The van der Waals surface area contributed by atoms with Gasteiger partial charge in [-0.25, -0.2) is 0 Å². The van der Waals surface area contributed by atoms with Gasteiger partial charge in [-0.3, -0.25) is 4.79 Å². The molecule has 0 spiro atoms. The minimum atomic E-state index is -0.0731. The summed E-state index contributed by atoms with van der Waals surface area (Å²) in [7, 11) is 3.23. The van der Waals surface area contributed by atoms with E-state index >= 15 is 0 Å². The van der Waals surface area contributed by atoms with Crippen molar-refractivity contribution in [1.82, 2.24) is 4.90 Å². The SMILES string of the molecule is COc1ccc(CCN2C(=O)[C@@H](C)S[C@@H]2c2ccc(C#N)cc2)cc1OC. The average Bonchev–Trinajstić information content (AvgIpc) is 3.00. The van der Waals surface area contributed by atoms with Gasteiger partial charge < -0.3 is 14.4 Å². The van der Waals surface area contributed by atoms with Crippen molar-refractivity contribution in [2.24, 2.45) is 0 Å². The average molecular weight is 382 g/mol. The molecule has 0 N–H and O–H groups in total. The Hall–Kier alpha value is -2.65. The van der Waals surface area contributed by atoms with Crippen LogP contribution in [0.4, 0.5) is 0 Å². The predicted octanol–water partition coefficient (Wildman–Crippen LogP) is 3.78. The molecule has 0 aromatic heterocycles. The van der Waals surface area contributed by atoms with Gasteiger partial charge in [0, 0.05) is 6.54 Å². The number of hydrogen-bond donors (Lipinski definition) is 0. The van der Waals surface area contributed by atoms with Gasteiger partial charge in [-0.1, -0.05) is 18.2 Å². The number of nitriles is 1. The van der Waals surface area contributed by atoms with Crippen LogP contribution in [0.1, 0.15) is 29.0 Å². The molecular formula is C21H22N2O3S. The van der Waals surface area contributed by atoms with Crippen molar-refractivity contribution in [3.05, 3.63) is 59.2 Å². The van der Waals surface area contributed by atoms with E-state index in [1.54, 1.807) is 38.1 Å². The first-order valence-corrected chi connectivity index (χ1v) is 9.68. The van der Waals surface area contributed by atoms with Crippen LogP contribution in [0.25, 0.3) is 0 Å². The fourth-order valence-electron chi connectivity index (χ4n) is 3.17. The highest BCUT2D eigenvalue weighted by molar-refractivity contribution is 8.01. The second-order valence-corrected chi connectivity index (χ2v) is 7.76. The van der Waals surface area contributed by atoms with Crippen molar-refractivity contribution in [3.63, 3.8) is 0 Å². The fraction of sp³-hybridized carbons (Fsp3) is 0.333. The molecule has 3 rings (SSSR count). The number of amides is 1. The molecule has 2 aromatic carbocycles. The summed E-state index contributed by atoms with van der Waals surface area (Å²) in [6, 6.07) is 15.4. The van der Waals surface area contributed by atoms with Crippen LogP contribution in [0.2, 0.25) is 0 Å². The number of ether oxygens (including phenoxy) is 2. The molecule has 27 heavy (non-hydrogen) atoms. The summed E-state index contributed by atoms with van der Waals surface area (Å²) in [5.41, 5.74) is 2.76. The van der Waals surface area contributed by atoms with E-state index in [-0.39, 0.29) is 16.5 Å². The maximum Gasteiger partial charge on any atom is 0.236 e. The largest absolute Gasteiger partial charge is 0.493 e. The number of carbonyl (C=O) groups excluding carboxylic acids is 1. The summed E-state index contributed by atoms with van der Waals surface area (Å²) in [6.45, 7) is 2.57. The van der Waals surface area contributed by atoms with Crippen molar-refractivity contribution >= 4 is 17.7 Å². The van der Waals surface area contributed by atoms with Gasteiger partial charge >= 0.3 is 0 Å². The number of hydrogen-bond acceptors (Lipinski definition) is 5. The smallest absolute Gasteiger partial charge is 0.236 e. The molecule has 1 heterocycles. The van der Waals surface area contributed by atoms with Crippen LogP contribution in [0, 0.1) is 11.3 Å². The first kappa shape index (κ1) is 19.1. The number of nitrogens with zero attached hydrogens (tertiary/aromatic N) is 2. The van der Waals surface area contributed by atoms with Gasteiger partial charge in [0.05, 0.1) is 31.1 Å². The summed E-state index contributed by atoms with van der Waals surface area (Å²) in [4.78, 5) is 14.6. The maximum absolute atomic E-state index is 12.7. The molecule has 5 nitrogen and oxygen atoms in total. The van der Waals surface area contributed by atoms with Crippen LogP contribution < -0.4 is 9.47 Å². The third kappa shape index (κ3) is 4.04. The first-order valence-electron chi connectivity index (χ1n) is 8.74. The van der Waals surface area contributed by atoms with Crippen molar-refractivity contribution in [2.75, 3.05) is 20.8 Å². The summed E-state index contributed by atoms with van der Waals surface area (Å²) >= 11 is 1.65. The molecule has 6 heteroatoms. The zero-order valence-electron chi connectivity index (χ0n) is 15.6. The maximum atomic E-state index is 12.7. The summed E-state index contributed by atoms with van der Waals surface area (Å²) < 4.78 is 10.6. The van der Waals surface area contributed by atoms with Gasteiger partial charge in [0.2, 0.25) is 5.91 Å². The van der Waals surface area contributed by atoms with E-state index in [0.717, 1.165) is 17.5 Å². The highest BCUT2D eigenvalue weighted by atomic mass is 32.2. The van der Waals surface area contributed by atoms with Gasteiger partial charge in [0.25, 0.3) is 0 Å². The van der Waals surface area contributed by atoms with E-state index in [1.807, 2.05) is 42.2 Å². The third-order valence-corrected chi connectivity index (χ3v) is 6.06. The van der Waals surface area contributed by atoms with Crippen LogP contribution >= 0.6 is 11.8 Å². The number of thioether (sulfide) groups is 1. The van der Waals surface area contributed by atoms with Crippen molar-refractivity contribution in [1.29, 1.82) is 5.26 Å². The monoisotopic (exact) mass is 382 g/mol. The number of methoxy groups -OCH3 is 2. The molecule has 2 aromatic rings. The molecule has 0 bridgehead atoms. The van der Waals surface area contributed by atoms with Crippen LogP contribution in [-0.4, -0.2) is 36.8 Å². The number of carbonyl (C=O) groups is 1. The Kier molecular flexibility index (Phi) is 5.92. The van der Waals surface area contributed by atoms with Gasteiger partial charge in [-0.05, 0) is 48.7 Å². The molecule has 1 fully saturated rings. The van der Waals surface area contributed by atoms with Crippen LogP contribution in [0.5, 0.6) is 11.5 Å². The Balaban J connectivity index is 1.76. The van der Waals surface area contributed by atoms with Gasteiger partial charge in [-0.15, -0.1) is 11.8 Å². The Morgan fingerprint density at radius 3 is 2.44 bits per heavy atom. The topological polar surface area (TPSA) is 62.6 Å². The van der Waals surface area contributed by atoms with Gasteiger partial charge in [0.1, 0.15) is 5.37 Å². The molecule has 0 radical (unpaired) electrons. The minimum Gasteiger partial charge on any atom is -0.493 e. The molecule has 1 aliphatic heterocycles. The minimum absolute atomic E-state index is 0.0274. The van der Waals surface area contributed by atoms with E-state index in [2.05, 4.69) is 6.07 Å². The number of benzene rings is 2. The Morgan fingerprint density at radius 1 is 1.11 bits per heavy atom. The lowest BCUT2D eigenvalue weighted by Crippen LogP contribution is -2.32. The normalized spacial score (nSPS) is 19.0. The molecule has 0 unspecified atom stereocenters. The standard InChI is InChI=1S/C21H22N2O3S/c1-14-20(24)23(21(27-14)17-7-4-16(13-22)5-8-17)11-10-15-6-9-18(25-2)19(12-15)26-3/h4-9,12,14,21H,10-11H2,1-3H3/t14-,21-/m1/s1. The highest BCUT2D eigenvalue weighted by Gasteiger charge is 2.38. The molecular weight excluding hydrogens is 360 g/mol. The lowest BCUT2D eigenvalue weighted by Gasteiger charge is -2.24. The lowest BCUT2D eigenvalue weighted by atomic mass is 10.1. The molecule has 0 aliphatic carbocycles. The third-order valence-electron chi connectivity index (χ3n) is 4.66. The van der Waals surface area contributed by atoms with Crippen molar-refractivity contribution < 1.29 is 14.3 Å². The lowest BCUT2D eigenvalue weighted by molar-refractivity contribution is -0.129. The highest BCUT2D eigenvalue weighted by Crippen LogP contribution is 2.43. The van der Waals surface area contributed by atoms with E-state index in [9.17, 15) is 4.79 Å². The van der Waals surface area contributed by atoms with Gasteiger partial charge in [-0.2, -0.15) is 5.26 Å². The Morgan fingerprint density at radius 2 is 1.81 bits per heavy atom. The molecule has 2 atom stereocenters. The van der Waals surface area contributed by atoms with Crippen LogP contribution in [-0.2, 0) is 11.2 Å². The molecule has 1 saturated heterocycles. The zero-order valence-corrected chi connectivity index (χ0v) is 16.5. The summed E-state index contributed by atoms with van der Waals surface area (Å²) in [5, 5.41) is 8.88. The summed E-state index contributed by atoms with van der Waals surface area (Å²) in [5.74, 6) is 1.53. The molecule has 140 valence electrons. The second-order valence-electron chi connectivity index (χ2n) is 6.34. The van der Waals surface area contributed by atoms with Crippen molar-refractivity contribution in [2.45, 2.75) is 24.0 Å². The fourth-order valence-corrected chi connectivity index (χ4v) is 4.48. The molecule has 1 amide bonds.